The van der Waals surface area contributed by atoms with Crippen LogP contribution in [0.3, 0.4) is 0 Å². The van der Waals surface area contributed by atoms with E-state index in [1.807, 2.05) is 0 Å². The predicted molar refractivity (Wildman–Crippen MR) is 42.4 cm³/mol. The van der Waals surface area contributed by atoms with Gasteiger partial charge in [0.1, 0.15) is 12.0 Å². The summed E-state index contributed by atoms with van der Waals surface area (Å²) in [6, 6.07) is 1.74. The third-order valence-electron chi connectivity index (χ3n) is 1.34. The van der Waals surface area contributed by atoms with Crippen molar-refractivity contribution >= 4 is 21.6 Å². The van der Waals surface area contributed by atoms with Crippen molar-refractivity contribution in [2.24, 2.45) is 0 Å². The first kappa shape index (κ1) is 6.60. The monoisotopic (exact) mass is 213 g/mol. The topological polar surface area (TPSA) is 50.4 Å². The Morgan fingerprint density at radius 2 is 2.27 bits per heavy atom. The Labute approximate surface area is 70.7 Å². The van der Waals surface area contributed by atoms with Gasteiger partial charge in [-0.3, -0.25) is 4.40 Å². The molecule has 56 valence electrons. The lowest BCUT2D eigenvalue weighted by Crippen LogP contribution is -1.88. The number of aromatic nitrogens is 3. The van der Waals surface area contributed by atoms with Gasteiger partial charge in [0.15, 0.2) is 0 Å². The van der Waals surface area contributed by atoms with Gasteiger partial charge < -0.3 is 5.11 Å². The third kappa shape index (κ3) is 0.970. The van der Waals surface area contributed by atoms with Crippen LogP contribution < -0.4 is 0 Å². The Bertz CT molecular complexity index is 398. The largest absolute Gasteiger partial charge is 0.480 e. The van der Waals surface area contributed by atoms with Crippen molar-refractivity contribution in [2.75, 3.05) is 0 Å². The summed E-state index contributed by atoms with van der Waals surface area (Å²) in [6.45, 7) is 0. The number of fused-ring (bicyclic) bond motifs is 1. The molecule has 4 nitrogen and oxygen atoms in total. The fourth-order valence-corrected chi connectivity index (χ4v) is 1.29. The highest BCUT2D eigenvalue weighted by atomic mass is 79.9. The molecule has 2 aromatic heterocycles. The minimum absolute atomic E-state index is 0.0549. The molecule has 0 aromatic carbocycles. The van der Waals surface area contributed by atoms with Crippen LogP contribution in [0.2, 0.25) is 0 Å². The average Bonchev–Trinajstić information content (AvgIpc) is 2.31. The van der Waals surface area contributed by atoms with Crippen LogP contribution in [0, 0.1) is 0 Å². The van der Waals surface area contributed by atoms with Crippen molar-refractivity contribution in [3.8, 4) is 6.01 Å². The second kappa shape index (κ2) is 2.20. The minimum Gasteiger partial charge on any atom is -0.480 e. The molecule has 1 N–H and O–H groups in total. The molecule has 5 heteroatoms. The molecular weight excluding hydrogens is 210 g/mol. The predicted octanol–water partition coefficient (Wildman–Crippen LogP) is 1.20. The van der Waals surface area contributed by atoms with E-state index in [2.05, 4.69) is 25.9 Å². The number of nitrogens with zero attached hydrogens (tertiary/aromatic N) is 3. The van der Waals surface area contributed by atoms with Crippen molar-refractivity contribution < 1.29 is 5.11 Å². The summed E-state index contributed by atoms with van der Waals surface area (Å²) in [5.74, 6) is 0. The first-order valence-corrected chi connectivity index (χ1v) is 3.74. The van der Waals surface area contributed by atoms with Gasteiger partial charge in [0.2, 0.25) is 0 Å². The molecule has 0 spiro atoms. The van der Waals surface area contributed by atoms with Crippen LogP contribution in [0.4, 0.5) is 0 Å². The summed E-state index contributed by atoms with van der Waals surface area (Å²) in [6.07, 6.45) is 3.02. The lowest BCUT2D eigenvalue weighted by molar-refractivity contribution is 0.421. The highest BCUT2D eigenvalue weighted by molar-refractivity contribution is 9.10. The summed E-state index contributed by atoms with van der Waals surface area (Å²) in [5, 5.41) is 9.18. The number of hydrogen-bond acceptors (Lipinski definition) is 3. The van der Waals surface area contributed by atoms with Crippen LogP contribution >= 0.6 is 15.9 Å². The van der Waals surface area contributed by atoms with Gasteiger partial charge in [-0.1, -0.05) is 0 Å². The molecule has 0 amide bonds. The summed E-state index contributed by atoms with van der Waals surface area (Å²) in [5.41, 5.74) is 0.671. The number of rotatable bonds is 0. The first-order chi connectivity index (χ1) is 5.27. The maximum Gasteiger partial charge on any atom is 0.301 e. The van der Waals surface area contributed by atoms with Gasteiger partial charge >= 0.3 is 6.01 Å². The molecule has 2 aromatic rings. The fraction of sp³-hybridized carbons (Fsp3) is 0. The van der Waals surface area contributed by atoms with E-state index in [4.69, 9.17) is 0 Å². The van der Waals surface area contributed by atoms with E-state index in [0.29, 0.717) is 5.65 Å². The van der Waals surface area contributed by atoms with Crippen LogP contribution in [0.5, 0.6) is 6.01 Å². The van der Waals surface area contributed by atoms with E-state index < -0.39 is 0 Å². The molecule has 0 aliphatic heterocycles. The molecule has 0 atom stereocenters. The van der Waals surface area contributed by atoms with E-state index in [0.717, 1.165) is 4.47 Å². The van der Waals surface area contributed by atoms with E-state index >= 15 is 0 Å². The normalized spacial score (nSPS) is 10.6. The molecule has 0 radical (unpaired) electrons. The molecule has 0 fully saturated rings. The van der Waals surface area contributed by atoms with Gasteiger partial charge in [-0.2, -0.15) is 4.98 Å². The lowest BCUT2D eigenvalue weighted by Gasteiger charge is -1.93. The second-order valence-electron chi connectivity index (χ2n) is 2.06. The number of halogens is 1. The lowest BCUT2D eigenvalue weighted by atomic mass is 10.6. The standard InChI is InChI=1S/C6H4BrN3O/c7-4-1-5-8-3-9-6(11)10(5)2-4/h1-3H,(H,8,9,11). The van der Waals surface area contributed by atoms with Crippen molar-refractivity contribution in [2.45, 2.75) is 0 Å². The molecule has 2 heterocycles. The average molecular weight is 214 g/mol. The fourth-order valence-electron chi connectivity index (χ4n) is 0.881. The van der Waals surface area contributed by atoms with Crippen molar-refractivity contribution in [1.29, 1.82) is 0 Å². The molecule has 0 bridgehead atoms. The third-order valence-corrected chi connectivity index (χ3v) is 1.78. The Balaban J connectivity index is 2.90. The molecular formula is C6H4BrN3O. The zero-order chi connectivity index (χ0) is 7.84. The molecule has 0 unspecified atom stereocenters. The van der Waals surface area contributed by atoms with Gasteiger partial charge in [-0.25, -0.2) is 4.98 Å². The van der Waals surface area contributed by atoms with Crippen LogP contribution in [0.1, 0.15) is 0 Å². The number of aromatic hydroxyl groups is 1. The van der Waals surface area contributed by atoms with Crippen LogP contribution in [0.15, 0.2) is 23.1 Å². The van der Waals surface area contributed by atoms with Crippen molar-refractivity contribution in [3.63, 3.8) is 0 Å². The quantitative estimate of drug-likeness (QED) is 0.716. The minimum atomic E-state index is -0.0549. The van der Waals surface area contributed by atoms with Gasteiger partial charge in [0.25, 0.3) is 0 Å². The van der Waals surface area contributed by atoms with Crippen molar-refractivity contribution in [3.05, 3.63) is 23.1 Å². The summed E-state index contributed by atoms with van der Waals surface area (Å²) in [4.78, 5) is 7.53. The SMILES string of the molecule is Oc1ncnc2cc(Br)cn12. The zero-order valence-corrected chi connectivity index (χ0v) is 6.98. The van der Waals surface area contributed by atoms with Gasteiger partial charge in [0, 0.05) is 10.7 Å². The molecule has 2 rings (SSSR count). The smallest absolute Gasteiger partial charge is 0.301 e. The van der Waals surface area contributed by atoms with E-state index in [1.165, 1.54) is 10.7 Å². The Kier molecular flexibility index (Phi) is 1.32. The molecule has 0 aliphatic carbocycles. The molecule has 0 saturated heterocycles. The highest BCUT2D eigenvalue weighted by Crippen LogP contribution is 2.16. The Morgan fingerprint density at radius 1 is 1.45 bits per heavy atom. The maximum atomic E-state index is 9.18. The second-order valence-corrected chi connectivity index (χ2v) is 2.98. The van der Waals surface area contributed by atoms with Gasteiger partial charge in [0.05, 0.1) is 0 Å². The Hall–Kier alpha value is -1.10. The van der Waals surface area contributed by atoms with Crippen LogP contribution in [0.25, 0.3) is 5.65 Å². The molecule has 0 saturated carbocycles. The van der Waals surface area contributed by atoms with Crippen LogP contribution in [-0.2, 0) is 0 Å². The van der Waals surface area contributed by atoms with E-state index in [-0.39, 0.29) is 6.01 Å². The summed E-state index contributed by atoms with van der Waals surface area (Å²) in [7, 11) is 0. The van der Waals surface area contributed by atoms with E-state index in [9.17, 15) is 5.11 Å². The summed E-state index contributed by atoms with van der Waals surface area (Å²) >= 11 is 3.26. The molecule has 0 aliphatic rings. The highest BCUT2D eigenvalue weighted by Gasteiger charge is 2.00. The number of hydrogen-bond donors (Lipinski definition) is 1. The van der Waals surface area contributed by atoms with Crippen LogP contribution in [-0.4, -0.2) is 19.5 Å². The first-order valence-electron chi connectivity index (χ1n) is 2.95. The Morgan fingerprint density at radius 3 is 3.00 bits per heavy atom. The van der Waals surface area contributed by atoms with Gasteiger partial charge in [-0.05, 0) is 22.0 Å². The zero-order valence-electron chi connectivity index (χ0n) is 5.40. The van der Waals surface area contributed by atoms with Crippen molar-refractivity contribution in [1.82, 2.24) is 14.4 Å². The maximum absolute atomic E-state index is 9.18. The molecule has 11 heavy (non-hydrogen) atoms. The van der Waals surface area contributed by atoms with Gasteiger partial charge in [-0.15, -0.1) is 0 Å². The van der Waals surface area contributed by atoms with E-state index in [1.54, 1.807) is 12.3 Å². The summed E-state index contributed by atoms with van der Waals surface area (Å²) < 4.78 is 2.36.